The number of nitrogens with zero attached hydrogens (tertiary/aromatic N) is 2. The predicted molar refractivity (Wildman–Crippen MR) is 109 cm³/mol. The number of benzene rings is 2. The molecule has 0 aliphatic rings. The molecule has 27 heavy (non-hydrogen) atoms. The Kier molecular flexibility index (Phi) is 5.71. The van der Waals surface area contributed by atoms with Gasteiger partial charge >= 0.3 is 0 Å². The normalized spacial score (nSPS) is 11.8. The topological polar surface area (TPSA) is 84.0 Å². The zero-order chi connectivity index (χ0) is 19.4. The molecule has 0 unspecified atom stereocenters. The first-order valence-electron chi connectivity index (χ1n) is 8.51. The monoisotopic (exact) mass is 380 g/mol. The molecule has 0 fully saturated rings. The number of anilines is 2. The van der Waals surface area contributed by atoms with Crippen LogP contribution in [0.2, 0.25) is 0 Å². The molecule has 1 atom stereocenters. The van der Waals surface area contributed by atoms with Crippen LogP contribution in [0.3, 0.4) is 0 Å². The summed E-state index contributed by atoms with van der Waals surface area (Å²) in [6, 6.07) is 14.8. The summed E-state index contributed by atoms with van der Waals surface area (Å²) in [7, 11) is 0. The summed E-state index contributed by atoms with van der Waals surface area (Å²) in [5.74, 6) is 0.425. The highest BCUT2D eigenvalue weighted by molar-refractivity contribution is 8.00. The molecule has 0 saturated carbocycles. The number of hydrogen-bond donors (Lipinski definition) is 2. The van der Waals surface area contributed by atoms with Crippen LogP contribution in [0, 0.1) is 6.92 Å². The maximum atomic E-state index is 12.6. The minimum Gasteiger partial charge on any atom is -0.326 e. The molecule has 1 heterocycles. The van der Waals surface area contributed by atoms with E-state index >= 15 is 0 Å². The summed E-state index contributed by atoms with van der Waals surface area (Å²) >= 11 is 1.41. The second-order valence-corrected chi connectivity index (χ2v) is 7.43. The highest BCUT2D eigenvalue weighted by Crippen LogP contribution is 2.29. The average molecular weight is 380 g/mol. The summed E-state index contributed by atoms with van der Waals surface area (Å²) in [6.07, 6.45) is 0. The van der Waals surface area contributed by atoms with Gasteiger partial charge in [0, 0.05) is 23.7 Å². The minimum absolute atomic E-state index is 0.118. The quantitative estimate of drug-likeness (QED) is 0.516. The van der Waals surface area contributed by atoms with Gasteiger partial charge < -0.3 is 10.6 Å². The number of amides is 2. The van der Waals surface area contributed by atoms with Crippen LogP contribution in [0.4, 0.5) is 11.4 Å². The Morgan fingerprint density at radius 2 is 1.59 bits per heavy atom. The maximum Gasteiger partial charge on any atom is 0.237 e. The maximum absolute atomic E-state index is 12.6. The van der Waals surface area contributed by atoms with Crippen molar-refractivity contribution < 1.29 is 9.59 Å². The molecule has 3 rings (SSSR count). The van der Waals surface area contributed by atoms with Crippen molar-refractivity contribution in [2.24, 2.45) is 0 Å². The van der Waals surface area contributed by atoms with Crippen molar-refractivity contribution in [3.63, 3.8) is 0 Å². The van der Waals surface area contributed by atoms with Crippen LogP contribution >= 0.6 is 11.8 Å². The van der Waals surface area contributed by atoms with Gasteiger partial charge in [-0.2, -0.15) is 0 Å². The summed E-state index contributed by atoms with van der Waals surface area (Å²) < 4.78 is 0. The lowest BCUT2D eigenvalue weighted by molar-refractivity contribution is -0.115. The first-order chi connectivity index (χ1) is 12.9. The molecule has 2 N–H and O–H groups in total. The van der Waals surface area contributed by atoms with Crippen molar-refractivity contribution >= 4 is 45.9 Å². The summed E-state index contributed by atoms with van der Waals surface area (Å²) in [5, 5.41) is 6.98. The highest BCUT2D eigenvalue weighted by Gasteiger charge is 2.17. The van der Waals surface area contributed by atoms with Gasteiger partial charge in [-0.05, 0) is 44.2 Å². The van der Waals surface area contributed by atoms with E-state index in [4.69, 9.17) is 0 Å². The Morgan fingerprint density at radius 1 is 0.963 bits per heavy atom. The van der Waals surface area contributed by atoms with Crippen molar-refractivity contribution in [2.45, 2.75) is 31.0 Å². The van der Waals surface area contributed by atoms with Crippen molar-refractivity contribution in [1.29, 1.82) is 0 Å². The minimum atomic E-state index is -0.335. The Hall–Kier alpha value is -2.93. The lowest BCUT2D eigenvalue weighted by Gasteiger charge is -2.13. The third-order valence-electron chi connectivity index (χ3n) is 3.81. The predicted octanol–water partition coefficient (Wildman–Crippen LogP) is 4.02. The number of para-hydroxylation sites is 1. The van der Waals surface area contributed by atoms with Gasteiger partial charge in [0.25, 0.3) is 0 Å². The van der Waals surface area contributed by atoms with Crippen molar-refractivity contribution in [1.82, 2.24) is 9.97 Å². The number of aryl methyl sites for hydroxylation is 1. The van der Waals surface area contributed by atoms with Gasteiger partial charge in [0.2, 0.25) is 11.8 Å². The average Bonchev–Trinajstić information content (AvgIpc) is 2.62. The van der Waals surface area contributed by atoms with E-state index in [9.17, 15) is 9.59 Å². The van der Waals surface area contributed by atoms with Crippen LogP contribution in [0.1, 0.15) is 19.7 Å². The van der Waals surface area contributed by atoms with E-state index in [1.807, 2.05) is 38.1 Å². The number of carbonyl (C=O) groups is 2. The van der Waals surface area contributed by atoms with Crippen LogP contribution in [0.5, 0.6) is 0 Å². The van der Waals surface area contributed by atoms with Gasteiger partial charge in [-0.25, -0.2) is 9.97 Å². The second kappa shape index (κ2) is 8.18. The molecule has 0 spiro atoms. The molecular weight excluding hydrogens is 360 g/mol. The standard InChI is InChI=1S/C20H20N4O2S/c1-12(19(26)24-16-10-8-15(9-11-16)23-14(3)25)27-20-17-6-4-5-7-18(17)21-13(2)22-20/h4-12H,1-3H3,(H,23,25)(H,24,26)/t12-/m1/s1. The zero-order valence-corrected chi connectivity index (χ0v) is 16.1. The van der Waals surface area contributed by atoms with Crippen molar-refractivity contribution in [3.05, 3.63) is 54.4 Å². The molecule has 7 heteroatoms. The Balaban J connectivity index is 1.70. The van der Waals surface area contributed by atoms with E-state index in [0.717, 1.165) is 15.9 Å². The molecule has 3 aromatic rings. The highest BCUT2D eigenvalue weighted by atomic mass is 32.2. The number of aromatic nitrogens is 2. The number of hydrogen-bond acceptors (Lipinski definition) is 5. The fourth-order valence-electron chi connectivity index (χ4n) is 2.55. The van der Waals surface area contributed by atoms with Crippen LogP contribution in [0.15, 0.2) is 53.6 Å². The summed E-state index contributed by atoms with van der Waals surface area (Å²) in [6.45, 7) is 5.14. The van der Waals surface area contributed by atoms with E-state index in [1.165, 1.54) is 18.7 Å². The van der Waals surface area contributed by atoms with E-state index < -0.39 is 0 Å². The van der Waals surface area contributed by atoms with Crippen molar-refractivity contribution in [3.8, 4) is 0 Å². The number of fused-ring (bicyclic) bond motifs is 1. The van der Waals surface area contributed by atoms with E-state index in [1.54, 1.807) is 24.3 Å². The lowest BCUT2D eigenvalue weighted by Crippen LogP contribution is -2.22. The van der Waals surface area contributed by atoms with Gasteiger partial charge in [0.1, 0.15) is 10.9 Å². The summed E-state index contributed by atoms with van der Waals surface area (Å²) in [5.41, 5.74) is 2.23. The molecule has 6 nitrogen and oxygen atoms in total. The fraction of sp³-hybridized carbons (Fsp3) is 0.200. The van der Waals surface area contributed by atoms with E-state index in [2.05, 4.69) is 20.6 Å². The molecule has 0 radical (unpaired) electrons. The molecule has 2 aromatic carbocycles. The Labute approximate surface area is 161 Å². The van der Waals surface area contributed by atoms with Gasteiger partial charge in [-0.15, -0.1) is 0 Å². The largest absolute Gasteiger partial charge is 0.326 e. The van der Waals surface area contributed by atoms with Crippen LogP contribution in [-0.4, -0.2) is 27.0 Å². The van der Waals surface area contributed by atoms with Crippen LogP contribution in [0.25, 0.3) is 10.9 Å². The first-order valence-corrected chi connectivity index (χ1v) is 9.39. The van der Waals surface area contributed by atoms with Gasteiger partial charge in [0.15, 0.2) is 0 Å². The lowest BCUT2D eigenvalue weighted by atomic mass is 10.2. The smallest absolute Gasteiger partial charge is 0.237 e. The fourth-order valence-corrected chi connectivity index (χ4v) is 3.54. The molecule has 1 aromatic heterocycles. The van der Waals surface area contributed by atoms with Crippen LogP contribution < -0.4 is 10.6 Å². The van der Waals surface area contributed by atoms with Gasteiger partial charge in [-0.1, -0.05) is 30.0 Å². The number of rotatable bonds is 5. The molecular formula is C20H20N4O2S. The third-order valence-corrected chi connectivity index (χ3v) is 4.91. The molecule has 0 aliphatic heterocycles. The molecule has 0 saturated heterocycles. The Bertz CT molecular complexity index is 989. The first kappa shape index (κ1) is 18.8. The molecule has 0 bridgehead atoms. The molecule has 0 aliphatic carbocycles. The number of thioether (sulfide) groups is 1. The molecule has 2 amide bonds. The van der Waals surface area contributed by atoms with E-state index in [-0.39, 0.29) is 17.1 Å². The second-order valence-electron chi connectivity index (χ2n) is 6.10. The Morgan fingerprint density at radius 3 is 2.26 bits per heavy atom. The molecule has 138 valence electrons. The third kappa shape index (κ3) is 4.83. The van der Waals surface area contributed by atoms with E-state index in [0.29, 0.717) is 17.2 Å². The summed E-state index contributed by atoms with van der Waals surface area (Å²) in [4.78, 5) is 32.5. The van der Waals surface area contributed by atoms with Crippen molar-refractivity contribution in [2.75, 3.05) is 10.6 Å². The number of carbonyl (C=O) groups excluding carboxylic acids is 2. The number of nitrogens with one attached hydrogen (secondary N) is 2. The SMILES string of the molecule is CC(=O)Nc1ccc(NC(=O)[C@@H](C)Sc2nc(C)nc3ccccc23)cc1. The zero-order valence-electron chi connectivity index (χ0n) is 15.3. The van der Waals surface area contributed by atoms with Gasteiger partial charge in [0.05, 0.1) is 10.8 Å². The van der Waals surface area contributed by atoms with Gasteiger partial charge in [-0.3, -0.25) is 9.59 Å². The van der Waals surface area contributed by atoms with Crippen LogP contribution in [-0.2, 0) is 9.59 Å².